The van der Waals surface area contributed by atoms with Gasteiger partial charge in [-0.25, -0.2) is 4.79 Å². The standard InChI is InChI=1S/C21H29N3O3/c1-21(2,3)27-20(26)24-11-7-10-23(12-13-24)19(25)14-16-15-22(4)18-9-6-5-8-17(16)18/h5-6,8-9,15H,7,10-14H2,1-4H3. The lowest BCUT2D eigenvalue weighted by Gasteiger charge is -2.26. The van der Waals surface area contributed by atoms with Crippen LogP contribution in [0.2, 0.25) is 0 Å². The van der Waals surface area contributed by atoms with Crippen molar-refractivity contribution in [3.8, 4) is 0 Å². The van der Waals surface area contributed by atoms with Gasteiger partial charge in [0.1, 0.15) is 5.60 Å². The minimum Gasteiger partial charge on any atom is -0.444 e. The van der Waals surface area contributed by atoms with Gasteiger partial charge in [-0.3, -0.25) is 4.79 Å². The molecule has 1 aromatic carbocycles. The number of amides is 2. The lowest BCUT2D eigenvalue weighted by atomic mass is 10.1. The van der Waals surface area contributed by atoms with Gasteiger partial charge in [-0.1, -0.05) is 18.2 Å². The van der Waals surface area contributed by atoms with E-state index in [0.29, 0.717) is 32.6 Å². The number of benzene rings is 1. The smallest absolute Gasteiger partial charge is 0.410 e. The number of aromatic nitrogens is 1. The molecular formula is C21H29N3O3. The number of para-hydroxylation sites is 1. The molecular weight excluding hydrogens is 342 g/mol. The van der Waals surface area contributed by atoms with Crippen molar-refractivity contribution in [1.29, 1.82) is 0 Å². The Labute approximate surface area is 160 Å². The number of carbonyl (C=O) groups excluding carboxylic acids is 2. The van der Waals surface area contributed by atoms with E-state index in [4.69, 9.17) is 4.74 Å². The molecule has 6 nitrogen and oxygen atoms in total. The Morgan fingerprint density at radius 3 is 2.44 bits per heavy atom. The average Bonchev–Trinajstić information content (AvgIpc) is 2.77. The van der Waals surface area contributed by atoms with Crippen LogP contribution in [-0.2, 0) is 23.0 Å². The third-order valence-electron chi connectivity index (χ3n) is 4.82. The van der Waals surface area contributed by atoms with Gasteiger partial charge in [0.2, 0.25) is 5.91 Å². The first-order valence-corrected chi connectivity index (χ1v) is 9.53. The predicted octanol–water partition coefficient (Wildman–Crippen LogP) is 3.19. The van der Waals surface area contributed by atoms with Crippen molar-refractivity contribution in [1.82, 2.24) is 14.4 Å². The van der Waals surface area contributed by atoms with E-state index in [1.54, 1.807) is 4.90 Å². The van der Waals surface area contributed by atoms with Gasteiger partial charge < -0.3 is 19.1 Å². The molecule has 1 aromatic heterocycles. The summed E-state index contributed by atoms with van der Waals surface area (Å²) < 4.78 is 7.52. The summed E-state index contributed by atoms with van der Waals surface area (Å²) in [5.74, 6) is 0.109. The second kappa shape index (κ2) is 7.62. The van der Waals surface area contributed by atoms with Gasteiger partial charge in [0.05, 0.1) is 6.42 Å². The summed E-state index contributed by atoms with van der Waals surface area (Å²) in [6.45, 7) is 7.93. The number of ether oxygens (including phenoxy) is 1. The summed E-state index contributed by atoms with van der Waals surface area (Å²) in [6, 6.07) is 8.13. The fourth-order valence-electron chi connectivity index (χ4n) is 3.52. The van der Waals surface area contributed by atoms with E-state index in [-0.39, 0.29) is 12.0 Å². The van der Waals surface area contributed by atoms with Crippen LogP contribution in [-0.4, -0.2) is 58.1 Å². The van der Waals surface area contributed by atoms with Crippen LogP contribution in [0.15, 0.2) is 30.5 Å². The number of nitrogens with zero attached hydrogens (tertiary/aromatic N) is 3. The van der Waals surface area contributed by atoms with Crippen LogP contribution in [0, 0.1) is 0 Å². The maximum Gasteiger partial charge on any atom is 0.410 e. The first-order chi connectivity index (χ1) is 12.7. The number of hydrogen-bond donors (Lipinski definition) is 0. The third kappa shape index (κ3) is 4.62. The van der Waals surface area contributed by atoms with Gasteiger partial charge in [0.15, 0.2) is 0 Å². The lowest BCUT2D eigenvalue weighted by molar-refractivity contribution is -0.130. The zero-order chi connectivity index (χ0) is 19.6. The molecule has 3 rings (SSSR count). The molecule has 0 saturated carbocycles. The summed E-state index contributed by atoms with van der Waals surface area (Å²) in [6.07, 6.45) is 2.88. The molecule has 0 radical (unpaired) electrons. The molecule has 0 atom stereocenters. The summed E-state index contributed by atoms with van der Waals surface area (Å²) in [5.41, 5.74) is 1.67. The van der Waals surface area contributed by atoms with Crippen molar-refractivity contribution < 1.29 is 14.3 Å². The average molecular weight is 371 g/mol. The Hall–Kier alpha value is -2.50. The van der Waals surface area contributed by atoms with Gasteiger partial charge in [0, 0.05) is 50.3 Å². The van der Waals surface area contributed by atoms with Crippen LogP contribution in [0.25, 0.3) is 10.9 Å². The van der Waals surface area contributed by atoms with Crippen molar-refractivity contribution in [2.75, 3.05) is 26.2 Å². The molecule has 2 heterocycles. The highest BCUT2D eigenvalue weighted by Crippen LogP contribution is 2.21. The van der Waals surface area contributed by atoms with E-state index in [0.717, 1.165) is 22.9 Å². The van der Waals surface area contributed by atoms with Crippen molar-refractivity contribution in [2.45, 2.75) is 39.2 Å². The molecule has 0 N–H and O–H groups in total. The Morgan fingerprint density at radius 1 is 1.04 bits per heavy atom. The summed E-state index contributed by atoms with van der Waals surface area (Å²) >= 11 is 0. The highest BCUT2D eigenvalue weighted by molar-refractivity contribution is 5.89. The van der Waals surface area contributed by atoms with Crippen molar-refractivity contribution in [3.05, 3.63) is 36.0 Å². The third-order valence-corrected chi connectivity index (χ3v) is 4.82. The Kier molecular flexibility index (Phi) is 5.44. The van der Waals surface area contributed by atoms with E-state index in [9.17, 15) is 9.59 Å². The van der Waals surface area contributed by atoms with Gasteiger partial charge in [-0.2, -0.15) is 0 Å². The van der Waals surface area contributed by atoms with Gasteiger partial charge in [0.25, 0.3) is 0 Å². The van der Waals surface area contributed by atoms with Gasteiger partial charge in [-0.05, 0) is 38.8 Å². The maximum absolute atomic E-state index is 12.9. The van der Waals surface area contributed by atoms with E-state index < -0.39 is 5.60 Å². The number of hydrogen-bond acceptors (Lipinski definition) is 3. The summed E-state index contributed by atoms with van der Waals surface area (Å²) in [7, 11) is 2.00. The molecule has 0 bridgehead atoms. The SMILES string of the molecule is Cn1cc(CC(=O)N2CCCN(C(=O)OC(C)(C)C)CC2)c2ccccc21. The number of aryl methyl sites for hydroxylation is 1. The molecule has 0 spiro atoms. The monoisotopic (exact) mass is 371 g/mol. The molecule has 1 saturated heterocycles. The van der Waals surface area contributed by atoms with Crippen LogP contribution in [0.1, 0.15) is 32.8 Å². The number of fused-ring (bicyclic) bond motifs is 1. The Bertz CT molecular complexity index is 835. The molecule has 1 aliphatic rings. The van der Waals surface area contributed by atoms with Crippen LogP contribution < -0.4 is 0 Å². The van der Waals surface area contributed by atoms with Crippen molar-refractivity contribution in [2.24, 2.45) is 7.05 Å². The largest absolute Gasteiger partial charge is 0.444 e. The number of carbonyl (C=O) groups is 2. The molecule has 27 heavy (non-hydrogen) atoms. The minimum atomic E-state index is -0.507. The summed E-state index contributed by atoms with van der Waals surface area (Å²) in [5, 5.41) is 1.12. The zero-order valence-corrected chi connectivity index (χ0v) is 16.7. The van der Waals surface area contributed by atoms with Gasteiger partial charge >= 0.3 is 6.09 Å². The predicted molar refractivity (Wildman–Crippen MR) is 106 cm³/mol. The minimum absolute atomic E-state index is 0.109. The molecule has 1 aliphatic heterocycles. The molecule has 2 aromatic rings. The molecule has 1 fully saturated rings. The van der Waals surface area contributed by atoms with E-state index in [1.165, 1.54) is 0 Å². The fourth-order valence-corrected chi connectivity index (χ4v) is 3.52. The quantitative estimate of drug-likeness (QED) is 0.815. The Morgan fingerprint density at radius 2 is 1.70 bits per heavy atom. The van der Waals surface area contributed by atoms with E-state index >= 15 is 0 Å². The van der Waals surface area contributed by atoms with Crippen LogP contribution in [0.3, 0.4) is 0 Å². The number of rotatable bonds is 2. The van der Waals surface area contributed by atoms with Crippen molar-refractivity contribution in [3.63, 3.8) is 0 Å². The second-order valence-corrected chi connectivity index (χ2v) is 8.16. The first kappa shape index (κ1) is 19.3. The molecule has 2 amide bonds. The van der Waals surface area contributed by atoms with Crippen molar-refractivity contribution >= 4 is 22.9 Å². The highest BCUT2D eigenvalue weighted by atomic mass is 16.6. The molecule has 0 aliphatic carbocycles. The highest BCUT2D eigenvalue weighted by Gasteiger charge is 2.26. The molecule has 6 heteroatoms. The second-order valence-electron chi connectivity index (χ2n) is 8.16. The zero-order valence-electron chi connectivity index (χ0n) is 16.7. The van der Waals surface area contributed by atoms with Crippen LogP contribution >= 0.6 is 0 Å². The summed E-state index contributed by atoms with van der Waals surface area (Å²) in [4.78, 5) is 28.7. The first-order valence-electron chi connectivity index (χ1n) is 9.53. The topological polar surface area (TPSA) is 54.8 Å². The molecule has 0 unspecified atom stereocenters. The maximum atomic E-state index is 12.9. The van der Waals surface area contributed by atoms with E-state index in [2.05, 4.69) is 16.7 Å². The van der Waals surface area contributed by atoms with Crippen LogP contribution in [0.5, 0.6) is 0 Å². The van der Waals surface area contributed by atoms with Crippen LogP contribution in [0.4, 0.5) is 4.79 Å². The van der Waals surface area contributed by atoms with E-state index in [1.807, 2.05) is 51.0 Å². The molecule has 146 valence electrons. The Balaban J connectivity index is 1.63. The van der Waals surface area contributed by atoms with Gasteiger partial charge in [-0.15, -0.1) is 0 Å². The fraction of sp³-hybridized carbons (Fsp3) is 0.524. The lowest BCUT2D eigenvalue weighted by Crippen LogP contribution is -2.40. The normalized spacial score (nSPS) is 15.7.